The molecule has 0 spiro atoms. The predicted molar refractivity (Wildman–Crippen MR) is 150 cm³/mol. The van der Waals surface area contributed by atoms with Crippen molar-refractivity contribution in [1.29, 1.82) is 0 Å². The minimum Gasteiger partial charge on any atom is -0.481 e. The minimum absolute atomic E-state index is 0.0751. The third-order valence-corrected chi connectivity index (χ3v) is 8.90. The highest BCUT2D eigenvalue weighted by Gasteiger charge is 2.40. The number of amides is 1. The van der Waals surface area contributed by atoms with Crippen LogP contribution >= 0.6 is 11.3 Å². The summed E-state index contributed by atoms with van der Waals surface area (Å²) >= 11 is 1.47. The van der Waals surface area contributed by atoms with Crippen LogP contribution in [0.4, 0.5) is 5.13 Å². The number of fused-ring (bicyclic) bond motifs is 1. The molecule has 8 heteroatoms. The highest BCUT2D eigenvalue weighted by Crippen LogP contribution is 2.41. The molecule has 2 saturated carbocycles. The van der Waals surface area contributed by atoms with Crippen LogP contribution in [0.5, 0.6) is 0 Å². The number of carboxylic acids is 1. The molecular weight excluding hydrogens is 496 g/mol. The van der Waals surface area contributed by atoms with Crippen LogP contribution in [0, 0.1) is 18.8 Å². The van der Waals surface area contributed by atoms with E-state index in [1.165, 1.54) is 24.2 Å². The molecule has 2 aliphatic rings. The first-order valence-corrected chi connectivity index (χ1v) is 14.4. The number of aliphatic carboxylic acids is 1. The average molecular weight is 529 g/mol. The van der Waals surface area contributed by atoms with Crippen LogP contribution in [0.15, 0.2) is 48.1 Å². The second kappa shape index (κ2) is 10.3. The Kier molecular flexibility index (Phi) is 6.74. The van der Waals surface area contributed by atoms with Crippen LogP contribution in [0.2, 0.25) is 0 Å². The number of carbonyl (C=O) groups is 2. The number of H-pyrrole nitrogens is 1. The molecular formula is C30H32N4O3S. The summed E-state index contributed by atoms with van der Waals surface area (Å²) in [5.41, 5.74) is 5.93. The van der Waals surface area contributed by atoms with Gasteiger partial charge in [0.25, 0.3) is 0 Å². The number of aromatic nitrogens is 3. The lowest BCUT2D eigenvalue weighted by molar-refractivity contribution is -0.141. The number of nitrogens with zero attached hydrogens (tertiary/aromatic N) is 3. The van der Waals surface area contributed by atoms with Crippen molar-refractivity contribution in [1.82, 2.24) is 15.0 Å². The summed E-state index contributed by atoms with van der Waals surface area (Å²) in [6.45, 7) is 2.11. The second-order valence-corrected chi connectivity index (χ2v) is 11.6. The number of carboxylic acid groups (broad SMARTS) is 1. The Labute approximate surface area is 225 Å². The Bertz CT molecular complexity index is 1480. The van der Waals surface area contributed by atoms with Gasteiger partial charge in [0, 0.05) is 46.2 Å². The van der Waals surface area contributed by atoms with E-state index in [4.69, 9.17) is 4.98 Å². The number of carbonyl (C=O) groups excluding carboxylic acids is 1. The van der Waals surface area contributed by atoms with Crippen molar-refractivity contribution >= 4 is 39.4 Å². The fourth-order valence-corrected chi connectivity index (χ4v) is 6.84. The van der Waals surface area contributed by atoms with Crippen molar-refractivity contribution in [3.05, 3.63) is 53.7 Å². The zero-order valence-electron chi connectivity index (χ0n) is 21.5. The number of aryl methyl sites for hydroxylation is 1. The molecule has 1 atom stereocenters. The third-order valence-electron chi connectivity index (χ3n) is 8.06. The Hall–Kier alpha value is -3.52. The number of pyridine rings is 1. The SMILES string of the molecule is Cc1c(-c2ccccc2-c2csc(N(C(=O)[C@@H](CC(=O)O)CC3CCCC3)C3CC3)n2)cnc2[nH]ccc12. The van der Waals surface area contributed by atoms with Crippen molar-refractivity contribution in [2.75, 3.05) is 4.90 Å². The van der Waals surface area contributed by atoms with Crippen LogP contribution in [0.25, 0.3) is 33.4 Å². The Balaban J connectivity index is 1.33. The van der Waals surface area contributed by atoms with Crippen LogP contribution in [0.1, 0.15) is 56.9 Å². The molecule has 0 bridgehead atoms. The summed E-state index contributed by atoms with van der Waals surface area (Å²) in [6.07, 6.45) is 10.7. The van der Waals surface area contributed by atoms with Crippen LogP contribution in [0.3, 0.4) is 0 Å². The molecule has 38 heavy (non-hydrogen) atoms. The van der Waals surface area contributed by atoms with Crippen molar-refractivity contribution in [3.8, 4) is 22.4 Å². The summed E-state index contributed by atoms with van der Waals surface area (Å²) < 4.78 is 0. The van der Waals surface area contributed by atoms with Gasteiger partial charge in [0.2, 0.25) is 5.91 Å². The van der Waals surface area contributed by atoms with E-state index < -0.39 is 11.9 Å². The predicted octanol–water partition coefficient (Wildman–Crippen LogP) is 6.83. The summed E-state index contributed by atoms with van der Waals surface area (Å²) in [7, 11) is 0. The molecule has 0 radical (unpaired) electrons. The quantitative estimate of drug-likeness (QED) is 0.248. The third kappa shape index (κ3) is 4.85. The zero-order chi connectivity index (χ0) is 26.2. The van der Waals surface area contributed by atoms with Gasteiger partial charge in [-0.1, -0.05) is 49.9 Å². The standard InChI is InChI=1S/C30H32N4O3S/c1-18-22-12-13-31-28(22)32-16-25(18)23-8-4-5-9-24(23)26-17-38-30(33-26)34(21-10-11-21)29(37)20(15-27(35)36)14-19-6-2-3-7-19/h4-5,8-9,12-13,16-17,19-21H,2-3,6-7,10-11,14-15H2,1H3,(H,31,32)(H,35,36)/t20-/m1/s1. The molecule has 3 aromatic heterocycles. The molecule has 4 aromatic rings. The Morgan fingerprint density at radius 3 is 2.61 bits per heavy atom. The molecule has 3 heterocycles. The minimum atomic E-state index is -0.908. The maximum atomic E-state index is 13.8. The Morgan fingerprint density at radius 1 is 1.11 bits per heavy atom. The summed E-state index contributed by atoms with van der Waals surface area (Å²) in [4.78, 5) is 40.1. The average Bonchev–Trinajstić information content (AvgIpc) is 3.30. The molecule has 196 valence electrons. The van der Waals surface area contributed by atoms with Gasteiger partial charge in [-0.15, -0.1) is 11.3 Å². The molecule has 0 unspecified atom stereocenters. The molecule has 2 fully saturated rings. The molecule has 6 rings (SSSR count). The summed E-state index contributed by atoms with van der Waals surface area (Å²) in [5.74, 6) is -1.04. The zero-order valence-corrected chi connectivity index (χ0v) is 22.3. The second-order valence-electron chi connectivity index (χ2n) is 10.7. The van der Waals surface area contributed by atoms with E-state index in [1.807, 2.05) is 40.9 Å². The maximum Gasteiger partial charge on any atom is 0.304 e. The largest absolute Gasteiger partial charge is 0.481 e. The fourth-order valence-electron chi connectivity index (χ4n) is 5.94. The van der Waals surface area contributed by atoms with E-state index in [0.29, 0.717) is 17.5 Å². The summed E-state index contributed by atoms with van der Waals surface area (Å²) in [5, 5.41) is 13.4. The van der Waals surface area contributed by atoms with Crippen molar-refractivity contribution < 1.29 is 14.7 Å². The molecule has 2 N–H and O–H groups in total. The van der Waals surface area contributed by atoms with Gasteiger partial charge in [0.05, 0.1) is 12.1 Å². The lowest BCUT2D eigenvalue weighted by Gasteiger charge is -2.26. The van der Waals surface area contributed by atoms with E-state index in [2.05, 4.69) is 29.0 Å². The molecule has 1 aromatic carbocycles. The first-order valence-electron chi connectivity index (χ1n) is 13.5. The van der Waals surface area contributed by atoms with Gasteiger partial charge in [0.1, 0.15) is 5.65 Å². The lowest BCUT2D eigenvalue weighted by atomic mass is 9.90. The first-order chi connectivity index (χ1) is 18.5. The van der Waals surface area contributed by atoms with E-state index in [-0.39, 0.29) is 18.4 Å². The monoisotopic (exact) mass is 528 g/mol. The van der Waals surface area contributed by atoms with E-state index in [0.717, 1.165) is 64.7 Å². The highest BCUT2D eigenvalue weighted by molar-refractivity contribution is 7.14. The molecule has 0 saturated heterocycles. The number of benzene rings is 1. The Morgan fingerprint density at radius 2 is 1.87 bits per heavy atom. The van der Waals surface area contributed by atoms with Crippen molar-refractivity contribution in [2.24, 2.45) is 11.8 Å². The van der Waals surface area contributed by atoms with Gasteiger partial charge in [0.15, 0.2) is 5.13 Å². The van der Waals surface area contributed by atoms with Gasteiger partial charge in [-0.05, 0) is 49.3 Å². The topological polar surface area (TPSA) is 99.2 Å². The number of hydrogen-bond acceptors (Lipinski definition) is 5. The molecule has 0 aliphatic heterocycles. The number of thiazole rings is 1. The fraction of sp³-hybridized carbons (Fsp3) is 0.400. The lowest BCUT2D eigenvalue weighted by Crippen LogP contribution is -2.39. The maximum absolute atomic E-state index is 13.8. The number of anilines is 1. The van der Waals surface area contributed by atoms with Crippen LogP contribution < -0.4 is 4.90 Å². The van der Waals surface area contributed by atoms with Gasteiger partial charge >= 0.3 is 5.97 Å². The molecule has 2 aliphatic carbocycles. The van der Waals surface area contributed by atoms with Crippen molar-refractivity contribution in [2.45, 2.75) is 64.3 Å². The van der Waals surface area contributed by atoms with Gasteiger partial charge in [-0.3, -0.25) is 14.5 Å². The number of aromatic amines is 1. The molecule has 1 amide bonds. The van der Waals surface area contributed by atoms with Crippen LogP contribution in [-0.2, 0) is 9.59 Å². The highest BCUT2D eigenvalue weighted by atomic mass is 32.1. The van der Waals surface area contributed by atoms with Gasteiger partial charge < -0.3 is 10.1 Å². The van der Waals surface area contributed by atoms with Gasteiger partial charge in [-0.25, -0.2) is 9.97 Å². The van der Waals surface area contributed by atoms with Crippen molar-refractivity contribution in [3.63, 3.8) is 0 Å². The van der Waals surface area contributed by atoms with E-state index >= 15 is 0 Å². The van der Waals surface area contributed by atoms with Crippen LogP contribution in [-0.4, -0.2) is 38.0 Å². The van der Waals surface area contributed by atoms with E-state index in [9.17, 15) is 14.7 Å². The number of nitrogens with one attached hydrogen (secondary N) is 1. The first kappa shape index (κ1) is 24.8. The normalized spacial score (nSPS) is 16.7. The smallest absolute Gasteiger partial charge is 0.304 e. The van der Waals surface area contributed by atoms with Gasteiger partial charge in [-0.2, -0.15) is 0 Å². The van der Waals surface area contributed by atoms with E-state index in [1.54, 1.807) is 0 Å². The number of hydrogen-bond donors (Lipinski definition) is 2. The molecule has 7 nitrogen and oxygen atoms in total. The summed E-state index contributed by atoms with van der Waals surface area (Å²) in [6, 6.07) is 10.3. The number of rotatable bonds is 9.